The molecule has 0 aliphatic carbocycles. The Morgan fingerprint density at radius 2 is 2.25 bits per heavy atom. The minimum Gasteiger partial charge on any atom is -0.315 e. The molecule has 1 aliphatic heterocycles. The average Bonchev–Trinajstić information content (AvgIpc) is 3.02. The van der Waals surface area contributed by atoms with Crippen LogP contribution in [0.25, 0.3) is 11.2 Å². The molecule has 3 rings (SSSR count). The number of imidazole rings is 1. The molecule has 1 atom stereocenters. The standard InChI is InChI=1S/C13H15F3N4/c1-2-20-10-9(4-3-6-18-10)19-11(20)12(13(14,15)16)5-7-17-8-12/h3-4,6,17H,2,5,7-8H2,1H3. The number of nitrogens with zero attached hydrogens (tertiary/aromatic N) is 3. The lowest BCUT2D eigenvalue weighted by Gasteiger charge is -2.30. The fourth-order valence-electron chi connectivity index (χ4n) is 2.87. The Morgan fingerprint density at radius 1 is 1.45 bits per heavy atom. The summed E-state index contributed by atoms with van der Waals surface area (Å²) in [6.45, 7) is 2.45. The SMILES string of the molecule is CCn1c(C2(C(F)(F)F)CCNC2)nc2cccnc21. The zero-order chi connectivity index (χ0) is 14.4. The van der Waals surface area contributed by atoms with Crippen LogP contribution >= 0.6 is 0 Å². The summed E-state index contributed by atoms with van der Waals surface area (Å²) in [5.74, 6) is 0.0752. The van der Waals surface area contributed by atoms with Crippen molar-refractivity contribution < 1.29 is 13.2 Å². The molecule has 4 nitrogen and oxygen atoms in total. The van der Waals surface area contributed by atoms with Gasteiger partial charge in [0.05, 0.1) is 0 Å². The summed E-state index contributed by atoms with van der Waals surface area (Å²) < 4.78 is 42.5. The highest BCUT2D eigenvalue weighted by atomic mass is 19.4. The van der Waals surface area contributed by atoms with E-state index in [1.54, 1.807) is 22.9 Å². The lowest BCUT2D eigenvalue weighted by atomic mass is 9.85. The Balaban J connectivity index is 2.27. The van der Waals surface area contributed by atoms with Gasteiger partial charge in [-0.2, -0.15) is 13.2 Å². The van der Waals surface area contributed by atoms with Gasteiger partial charge in [-0.3, -0.25) is 0 Å². The second-order valence-electron chi connectivity index (χ2n) is 5.03. The molecular formula is C13H15F3N4. The van der Waals surface area contributed by atoms with Crippen LogP contribution in [0.3, 0.4) is 0 Å². The molecule has 20 heavy (non-hydrogen) atoms. The lowest BCUT2D eigenvalue weighted by molar-refractivity contribution is -0.187. The summed E-state index contributed by atoms with van der Waals surface area (Å²) in [5.41, 5.74) is -0.885. The van der Waals surface area contributed by atoms with Gasteiger partial charge in [0.15, 0.2) is 5.65 Å². The molecule has 1 unspecified atom stereocenters. The minimum atomic E-state index is -4.33. The molecule has 0 aromatic carbocycles. The van der Waals surface area contributed by atoms with Gasteiger partial charge in [0, 0.05) is 19.3 Å². The van der Waals surface area contributed by atoms with Crippen LogP contribution in [-0.4, -0.2) is 33.8 Å². The third-order valence-electron chi connectivity index (χ3n) is 3.95. The molecule has 2 aromatic rings. The monoisotopic (exact) mass is 284 g/mol. The molecule has 108 valence electrons. The third kappa shape index (κ3) is 1.72. The molecule has 1 N–H and O–H groups in total. The largest absolute Gasteiger partial charge is 0.402 e. The number of halogens is 3. The van der Waals surface area contributed by atoms with Crippen LogP contribution in [0.4, 0.5) is 13.2 Å². The Kier molecular flexibility index (Phi) is 2.97. The summed E-state index contributed by atoms with van der Waals surface area (Å²) >= 11 is 0. The van der Waals surface area contributed by atoms with E-state index in [1.165, 1.54) is 0 Å². The van der Waals surface area contributed by atoms with Crippen molar-refractivity contribution in [2.75, 3.05) is 13.1 Å². The van der Waals surface area contributed by atoms with E-state index in [9.17, 15) is 13.2 Å². The predicted octanol–water partition coefficient (Wildman–Crippen LogP) is 2.24. The fraction of sp³-hybridized carbons (Fsp3) is 0.538. The highest BCUT2D eigenvalue weighted by Crippen LogP contribution is 2.45. The van der Waals surface area contributed by atoms with Crippen LogP contribution in [0.2, 0.25) is 0 Å². The molecule has 0 bridgehead atoms. The van der Waals surface area contributed by atoms with Crippen molar-refractivity contribution >= 4 is 11.2 Å². The zero-order valence-electron chi connectivity index (χ0n) is 11.0. The van der Waals surface area contributed by atoms with Crippen molar-refractivity contribution in [3.63, 3.8) is 0 Å². The van der Waals surface area contributed by atoms with Crippen LogP contribution in [-0.2, 0) is 12.0 Å². The first-order valence-corrected chi connectivity index (χ1v) is 6.59. The van der Waals surface area contributed by atoms with Gasteiger partial charge in [0.2, 0.25) is 0 Å². The maximum atomic E-state index is 13.6. The molecule has 2 aromatic heterocycles. The van der Waals surface area contributed by atoms with Crippen LogP contribution in [0, 0.1) is 0 Å². The van der Waals surface area contributed by atoms with Crippen molar-refractivity contribution in [3.05, 3.63) is 24.2 Å². The summed E-state index contributed by atoms with van der Waals surface area (Å²) in [5, 5.41) is 2.82. The van der Waals surface area contributed by atoms with E-state index in [0.29, 0.717) is 24.3 Å². The fourth-order valence-corrected chi connectivity index (χ4v) is 2.87. The average molecular weight is 284 g/mol. The summed E-state index contributed by atoms with van der Waals surface area (Å²) in [7, 11) is 0. The highest BCUT2D eigenvalue weighted by Gasteiger charge is 2.60. The molecule has 1 aliphatic rings. The van der Waals surface area contributed by atoms with E-state index in [-0.39, 0.29) is 18.8 Å². The van der Waals surface area contributed by atoms with Crippen LogP contribution < -0.4 is 5.32 Å². The van der Waals surface area contributed by atoms with Crippen molar-refractivity contribution in [3.8, 4) is 0 Å². The molecule has 0 radical (unpaired) electrons. The maximum Gasteiger partial charge on any atom is 0.402 e. The molecule has 7 heteroatoms. The maximum absolute atomic E-state index is 13.6. The van der Waals surface area contributed by atoms with Gasteiger partial charge >= 0.3 is 6.18 Å². The molecule has 1 fully saturated rings. The van der Waals surface area contributed by atoms with Gasteiger partial charge < -0.3 is 9.88 Å². The molecule has 3 heterocycles. The third-order valence-corrected chi connectivity index (χ3v) is 3.95. The number of aromatic nitrogens is 3. The van der Waals surface area contributed by atoms with E-state index in [0.717, 1.165) is 0 Å². The zero-order valence-corrected chi connectivity index (χ0v) is 11.0. The van der Waals surface area contributed by atoms with Gasteiger partial charge in [-0.05, 0) is 32.0 Å². The van der Waals surface area contributed by atoms with E-state index in [1.807, 2.05) is 6.92 Å². The summed E-state index contributed by atoms with van der Waals surface area (Å²) in [4.78, 5) is 8.41. The quantitative estimate of drug-likeness (QED) is 0.919. The molecule has 0 amide bonds. The Hall–Kier alpha value is -1.63. The predicted molar refractivity (Wildman–Crippen MR) is 68.4 cm³/mol. The Bertz CT molecular complexity index is 626. The van der Waals surface area contributed by atoms with Crippen molar-refractivity contribution in [2.24, 2.45) is 0 Å². The van der Waals surface area contributed by atoms with Crippen LogP contribution in [0.5, 0.6) is 0 Å². The van der Waals surface area contributed by atoms with E-state index >= 15 is 0 Å². The summed E-state index contributed by atoms with van der Waals surface area (Å²) in [6, 6.07) is 3.39. The highest BCUT2D eigenvalue weighted by molar-refractivity contribution is 5.71. The first-order chi connectivity index (χ1) is 9.49. The molecule has 0 spiro atoms. The minimum absolute atomic E-state index is 0.0137. The normalized spacial score (nSPS) is 23.6. The van der Waals surface area contributed by atoms with E-state index in [4.69, 9.17) is 0 Å². The Morgan fingerprint density at radius 3 is 2.85 bits per heavy atom. The van der Waals surface area contributed by atoms with Crippen LogP contribution in [0.15, 0.2) is 18.3 Å². The number of nitrogens with one attached hydrogen (secondary N) is 1. The molecule has 1 saturated heterocycles. The number of hydrogen-bond acceptors (Lipinski definition) is 3. The first kappa shape index (κ1) is 13.4. The first-order valence-electron chi connectivity index (χ1n) is 6.59. The summed E-state index contributed by atoms with van der Waals surface area (Å²) in [6.07, 6.45) is -2.74. The van der Waals surface area contributed by atoms with Crippen molar-refractivity contribution in [1.29, 1.82) is 0 Å². The number of fused-ring (bicyclic) bond motifs is 1. The molecular weight excluding hydrogens is 269 g/mol. The number of alkyl halides is 3. The van der Waals surface area contributed by atoms with Crippen molar-refractivity contribution in [2.45, 2.75) is 31.5 Å². The lowest BCUT2D eigenvalue weighted by Crippen LogP contribution is -2.46. The number of pyridine rings is 1. The van der Waals surface area contributed by atoms with Gasteiger partial charge in [-0.1, -0.05) is 0 Å². The van der Waals surface area contributed by atoms with Gasteiger partial charge in [-0.15, -0.1) is 0 Å². The van der Waals surface area contributed by atoms with E-state index < -0.39 is 11.6 Å². The topological polar surface area (TPSA) is 42.7 Å². The Labute approximate surface area is 114 Å². The van der Waals surface area contributed by atoms with Crippen molar-refractivity contribution in [1.82, 2.24) is 19.9 Å². The number of aryl methyl sites for hydroxylation is 1. The van der Waals surface area contributed by atoms with Gasteiger partial charge in [-0.25, -0.2) is 9.97 Å². The van der Waals surface area contributed by atoms with Crippen LogP contribution in [0.1, 0.15) is 19.2 Å². The second-order valence-corrected chi connectivity index (χ2v) is 5.03. The number of hydrogen-bond donors (Lipinski definition) is 1. The van der Waals surface area contributed by atoms with E-state index in [2.05, 4.69) is 15.3 Å². The van der Waals surface area contributed by atoms with Gasteiger partial charge in [0.25, 0.3) is 0 Å². The second kappa shape index (κ2) is 4.44. The smallest absolute Gasteiger partial charge is 0.315 e. The number of rotatable bonds is 2. The molecule has 0 saturated carbocycles. The van der Waals surface area contributed by atoms with Gasteiger partial charge in [0.1, 0.15) is 16.8 Å².